The predicted octanol–water partition coefficient (Wildman–Crippen LogP) is 4.07. The quantitative estimate of drug-likeness (QED) is 0.614. The molecule has 0 radical (unpaired) electrons. The number of likely N-dealkylation sites (tertiary alicyclic amines) is 1. The minimum absolute atomic E-state index is 0.139. The van der Waals surface area contributed by atoms with Gasteiger partial charge in [0.15, 0.2) is 0 Å². The number of piperidine rings is 1. The molecule has 3 aromatic rings. The van der Waals surface area contributed by atoms with Crippen molar-refractivity contribution in [2.24, 2.45) is 0 Å². The van der Waals surface area contributed by atoms with Gasteiger partial charge in [-0.25, -0.2) is 4.98 Å². The van der Waals surface area contributed by atoms with Gasteiger partial charge in [-0.05, 0) is 43.4 Å². The fraction of sp³-hybridized carbons (Fsp3) is 0.318. The summed E-state index contributed by atoms with van der Waals surface area (Å²) in [5, 5.41) is 0. The van der Waals surface area contributed by atoms with Crippen LogP contribution in [0.1, 0.15) is 40.6 Å². The van der Waals surface area contributed by atoms with E-state index in [4.69, 9.17) is 0 Å². The Bertz CT molecular complexity index is 932. The van der Waals surface area contributed by atoms with E-state index in [-0.39, 0.29) is 5.91 Å². The van der Waals surface area contributed by atoms with Gasteiger partial charge < -0.3 is 9.47 Å². The smallest absolute Gasteiger partial charge is 0.254 e. The molecule has 3 heterocycles. The van der Waals surface area contributed by atoms with E-state index in [0.717, 1.165) is 54.5 Å². The van der Waals surface area contributed by atoms with Gasteiger partial charge in [0.05, 0.1) is 17.8 Å². The molecule has 1 aliphatic heterocycles. The Balaban J connectivity index is 1.42. The number of hydrogen-bond acceptors (Lipinski definition) is 4. The molecule has 0 spiro atoms. The van der Waals surface area contributed by atoms with Gasteiger partial charge in [0.1, 0.15) is 5.82 Å². The number of carbonyl (C=O) groups excluding carboxylic acids is 1. The van der Waals surface area contributed by atoms with Gasteiger partial charge in [-0.3, -0.25) is 9.78 Å². The molecular formula is C22H24N4OS. The molecule has 2 aromatic heterocycles. The van der Waals surface area contributed by atoms with Gasteiger partial charge >= 0.3 is 0 Å². The van der Waals surface area contributed by atoms with Crippen LogP contribution in [-0.4, -0.2) is 44.7 Å². The van der Waals surface area contributed by atoms with Crippen molar-refractivity contribution in [3.8, 4) is 0 Å². The molecule has 0 aliphatic carbocycles. The number of amides is 1. The molecule has 0 saturated carbocycles. The van der Waals surface area contributed by atoms with Gasteiger partial charge in [0, 0.05) is 42.5 Å². The molecular weight excluding hydrogens is 368 g/mol. The molecule has 1 amide bonds. The number of carbonyl (C=O) groups is 1. The second-order valence-corrected chi connectivity index (χ2v) is 7.85. The van der Waals surface area contributed by atoms with Gasteiger partial charge in [-0.15, -0.1) is 11.8 Å². The van der Waals surface area contributed by atoms with E-state index in [1.165, 1.54) is 0 Å². The Morgan fingerprint density at radius 1 is 1.07 bits per heavy atom. The van der Waals surface area contributed by atoms with Crippen molar-refractivity contribution < 1.29 is 4.79 Å². The van der Waals surface area contributed by atoms with Crippen LogP contribution in [0.2, 0.25) is 0 Å². The van der Waals surface area contributed by atoms with Crippen LogP contribution in [0.4, 0.5) is 0 Å². The van der Waals surface area contributed by atoms with Crippen molar-refractivity contribution in [2.75, 3.05) is 19.3 Å². The standard InChI is InChI=1S/C22H24N4OS/c1-28-20-8-3-2-7-19(20)22(27)25-13-9-17(10-14-25)21-24-12-15-26(21)16-18-6-4-5-11-23-18/h2-8,11-12,15,17H,9-10,13-14,16H2,1H3. The van der Waals surface area contributed by atoms with E-state index in [2.05, 4.69) is 14.5 Å². The van der Waals surface area contributed by atoms with Gasteiger partial charge in [-0.2, -0.15) is 0 Å². The SMILES string of the molecule is CSc1ccccc1C(=O)N1CCC(c2nccn2Cc2ccccn2)CC1. The predicted molar refractivity (Wildman–Crippen MR) is 112 cm³/mol. The number of benzene rings is 1. The van der Waals surface area contributed by atoms with Gasteiger partial charge in [0.2, 0.25) is 0 Å². The summed E-state index contributed by atoms with van der Waals surface area (Å²) in [5.74, 6) is 1.61. The number of nitrogens with zero attached hydrogens (tertiary/aromatic N) is 4. The summed E-state index contributed by atoms with van der Waals surface area (Å²) in [6.07, 6.45) is 9.60. The van der Waals surface area contributed by atoms with Crippen LogP contribution in [0.25, 0.3) is 0 Å². The van der Waals surface area contributed by atoms with E-state index in [1.54, 1.807) is 11.8 Å². The lowest BCUT2D eigenvalue weighted by Crippen LogP contribution is -2.38. The third-order valence-corrected chi connectivity index (χ3v) is 6.09. The maximum Gasteiger partial charge on any atom is 0.254 e. The Morgan fingerprint density at radius 3 is 2.61 bits per heavy atom. The van der Waals surface area contributed by atoms with E-state index < -0.39 is 0 Å². The largest absolute Gasteiger partial charge is 0.339 e. The number of aromatic nitrogens is 3. The second kappa shape index (κ2) is 8.61. The number of hydrogen-bond donors (Lipinski definition) is 0. The highest BCUT2D eigenvalue weighted by Crippen LogP contribution is 2.29. The monoisotopic (exact) mass is 392 g/mol. The van der Waals surface area contributed by atoms with Crippen LogP contribution in [0.15, 0.2) is 66.0 Å². The number of imidazole rings is 1. The highest BCUT2D eigenvalue weighted by molar-refractivity contribution is 7.98. The van der Waals surface area contributed by atoms with Crippen LogP contribution in [0, 0.1) is 0 Å². The molecule has 0 atom stereocenters. The van der Waals surface area contributed by atoms with Crippen LogP contribution >= 0.6 is 11.8 Å². The lowest BCUT2D eigenvalue weighted by molar-refractivity contribution is 0.0707. The van der Waals surface area contributed by atoms with Crippen molar-refractivity contribution in [1.82, 2.24) is 19.4 Å². The molecule has 1 aliphatic rings. The summed E-state index contributed by atoms with van der Waals surface area (Å²) in [4.78, 5) is 25.0. The number of rotatable bonds is 5. The lowest BCUT2D eigenvalue weighted by atomic mass is 9.95. The zero-order chi connectivity index (χ0) is 19.3. The third-order valence-electron chi connectivity index (χ3n) is 5.29. The topological polar surface area (TPSA) is 51.0 Å². The first-order valence-electron chi connectivity index (χ1n) is 9.59. The minimum Gasteiger partial charge on any atom is -0.339 e. The molecule has 0 bridgehead atoms. The van der Waals surface area contributed by atoms with Crippen molar-refractivity contribution in [3.63, 3.8) is 0 Å². The Labute approximate surface area is 169 Å². The van der Waals surface area contributed by atoms with Crippen molar-refractivity contribution in [2.45, 2.75) is 30.2 Å². The van der Waals surface area contributed by atoms with E-state index in [9.17, 15) is 4.79 Å². The van der Waals surface area contributed by atoms with E-state index in [1.807, 2.05) is 72.2 Å². The maximum absolute atomic E-state index is 13.0. The number of pyridine rings is 1. The molecule has 28 heavy (non-hydrogen) atoms. The molecule has 0 N–H and O–H groups in total. The van der Waals surface area contributed by atoms with Crippen molar-refractivity contribution in [1.29, 1.82) is 0 Å². The fourth-order valence-electron chi connectivity index (χ4n) is 3.81. The van der Waals surface area contributed by atoms with Crippen LogP contribution in [0.5, 0.6) is 0 Å². The van der Waals surface area contributed by atoms with Gasteiger partial charge in [-0.1, -0.05) is 18.2 Å². The first-order valence-corrected chi connectivity index (χ1v) is 10.8. The molecule has 1 saturated heterocycles. The van der Waals surface area contributed by atoms with Crippen LogP contribution in [-0.2, 0) is 6.54 Å². The highest BCUT2D eigenvalue weighted by atomic mass is 32.2. The molecule has 1 fully saturated rings. The highest BCUT2D eigenvalue weighted by Gasteiger charge is 2.27. The maximum atomic E-state index is 13.0. The van der Waals surface area contributed by atoms with Crippen molar-refractivity contribution >= 4 is 17.7 Å². The zero-order valence-corrected chi connectivity index (χ0v) is 16.8. The first-order chi connectivity index (χ1) is 13.8. The van der Waals surface area contributed by atoms with E-state index in [0.29, 0.717) is 5.92 Å². The molecule has 5 nitrogen and oxygen atoms in total. The second-order valence-electron chi connectivity index (χ2n) is 7.00. The Kier molecular flexibility index (Phi) is 5.76. The average molecular weight is 393 g/mol. The Morgan fingerprint density at radius 2 is 1.86 bits per heavy atom. The Hall–Kier alpha value is -2.60. The summed E-state index contributed by atoms with van der Waals surface area (Å²) in [6, 6.07) is 13.8. The summed E-state index contributed by atoms with van der Waals surface area (Å²) < 4.78 is 2.19. The van der Waals surface area contributed by atoms with E-state index >= 15 is 0 Å². The zero-order valence-electron chi connectivity index (χ0n) is 16.0. The summed E-state index contributed by atoms with van der Waals surface area (Å²) >= 11 is 1.62. The van der Waals surface area contributed by atoms with Gasteiger partial charge in [0.25, 0.3) is 5.91 Å². The molecule has 6 heteroatoms. The summed E-state index contributed by atoms with van der Waals surface area (Å²) in [7, 11) is 0. The average Bonchev–Trinajstić information content (AvgIpc) is 3.22. The minimum atomic E-state index is 0.139. The lowest BCUT2D eigenvalue weighted by Gasteiger charge is -2.32. The molecule has 1 aromatic carbocycles. The van der Waals surface area contributed by atoms with Crippen LogP contribution < -0.4 is 0 Å². The molecule has 144 valence electrons. The third kappa shape index (κ3) is 3.97. The molecule has 4 rings (SSSR count). The van der Waals surface area contributed by atoms with Crippen molar-refractivity contribution in [3.05, 3.63) is 78.1 Å². The number of thioether (sulfide) groups is 1. The molecule has 0 unspecified atom stereocenters. The summed E-state index contributed by atoms with van der Waals surface area (Å²) in [5.41, 5.74) is 1.84. The normalized spacial score (nSPS) is 15.0. The van der Waals surface area contributed by atoms with Crippen LogP contribution in [0.3, 0.4) is 0 Å². The summed E-state index contributed by atoms with van der Waals surface area (Å²) in [6.45, 7) is 2.27. The first kappa shape index (κ1) is 18.7. The fourth-order valence-corrected chi connectivity index (χ4v) is 4.40.